The smallest absolute Gasteiger partial charge is 0.227 e. The molecule has 0 bridgehead atoms. The van der Waals surface area contributed by atoms with Crippen LogP contribution in [0.3, 0.4) is 0 Å². The van der Waals surface area contributed by atoms with E-state index < -0.39 is 0 Å². The molecule has 2 amide bonds. The summed E-state index contributed by atoms with van der Waals surface area (Å²) in [5, 5.41) is 2.56. The molecule has 1 N–H and O–H groups in total. The minimum atomic E-state index is 0.170. The quantitative estimate of drug-likeness (QED) is 0.786. The molecule has 2 rings (SSSR count). The van der Waals surface area contributed by atoms with Crippen molar-refractivity contribution in [2.45, 2.75) is 25.8 Å². The zero-order chi connectivity index (χ0) is 11.5. The second-order valence-corrected chi connectivity index (χ2v) is 3.96. The molecule has 1 aliphatic heterocycles. The number of hydrogen-bond donors (Lipinski definition) is 1. The summed E-state index contributed by atoms with van der Waals surface area (Å²) in [6.07, 6.45) is 2.17. The van der Waals surface area contributed by atoms with Gasteiger partial charge in [-0.1, -0.05) is 0 Å². The lowest BCUT2D eigenvalue weighted by molar-refractivity contribution is -0.117. The summed E-state index contributed by atoms with van der Waals surface area (Å²) in [4.78, 5) is 23.7. The molecule has 1 atom stereocenters. The van der Waals surface area contributed by atoms with E-state index in [1.807, 2.05) is 24.0 Å². The lowest BCUT2D eigenvalue weighted by Crippen LogP contribution is -2.30. The predicted molar refractivity (Wildman–Crippen MR) is 62.3 cm³/mol. The summed E-state index contributed by atoms with van der Waals surface area (Å²) in [7, 11) is 0. The Kier molecular flexibility index (Phi) is 2.90. The van der Waals surface area contributed by atoms with Gasteiger partial charge in [0.2, 0.25) is 12.3 Å². The summed E-state index contributed by atoms with van der Waals surface area (Å²) < 4.78 is 0. The summed E-state index contributed by atoms with van der Waals surface area (Å²) in [6, 6.07) is 7.55. The fraction of sp³-hybridized carbons (Fsp3) is 0.333. The molecule has 16 heavy (non-hydrogen) atoms. The van der Waals surface area contributed by atoms with E-state index in [-0.39, 0.29) is 11.9 Å². The largest absolute Gasteiger partial charge is 0.329 e. The van der Waals surface area contributed by atoms with Crippen molar-refractivity contribution in [2.24, 2.45) is 0 Å². The Hall–Kier alpha value is -1.84. The fourth-order valence-electron chi connectivity index (χ4n) is 2.01. The highest BCUT2D eigenvalue weighted by atomic mass is 16.2. The third kappa shape index (κ3) is 1.91. The fourth-order valence-corrected chi connectivity index (χ4v) is 2.01. The van der Waals surface area contributed by atoms with Crippen molar-refractivity contribution in [3.05, 3.63) is 24.3 Å². The van der Waals surface area contributed by atoms with Gasteiger partial charge in [0.1, 0.15) is 0 Å². The van der Waals surface area contributed by atoms with Crippen molar-refractivity contribution in [1.82, 2.24) is 0 Å². The third-order valence-electron chi connectivity index (χ3n) is 2.86. The molecule has 0 radical (unpaired) electrons. The van der Waals surface area contributed by atoms with Crippen LogP contribution in [0.5, 0.6) is 0 Å². The van der Waals surface area contributed by atoms with Gasteiger partial charge in [-0.25, -0.2) is 0 Å². The van der Waals surface area contributed by atoms with Gasteiger partial charge in [0.25, 0.3) is 0 Å². The minimum Gasteiger partial charge on any atom is -0.329 e. The number of nitrogens with one attached hydrogen (secondary N) is 1. The van der Waals surface area contributed by atoms with Crippen molar-refractivity contribution < 1.29 is 9.59 Å². The number of carbonyl (C=O) groups is 2. The van der Waals surface area contributed by atoms with Gasteiger partial charge in [-0.15, -0.1) is 0 Å². The molecule has 0 spiro atoms. The maximum atomic E-state index is 11.6. The summed E-state index contributed by atoms with van der Waals surface area (Å²) in [5.74, 6) is 0.170. The van der Waals surface area contributed by atoms with Gasteiger partial charge >= 0.3 is 0 Å². The zero-order valence-electron chi connectivity index (χ0n) is 9.14. The molecule has 4 nitrogen and oxygen atoms in total. The first kappa shape index (κ1) is 10.7. The maximum absolute atomic E-state index is 11.6. The van der Waals surface area contributed by atoms with Crippen LogP contribution in [0.15, 0.2) is 24.3 Å². The van der Waals surface area contributed by atoms with Crippen LogP contribution in [0, 0.1) is 0 Å². The normalized spacial score (nSPS) is 19.9. The van der Waals surface area contributed by atoms with Crippen LogP contribution in [-0.4, -0.2) is 18.4 Å². The second-order valence-electron chi connectivity index (χ2n) is 3.96. The molecule has 1 heterocycles. The van der Waals surface area contributed by atoms with Crippen molar-refractivity contribution >= 4 is 23.7 Å². The Balaban J connectivity index is 2.20. The molecular formula is C12H14N2O2. The Morgan fingerprint density at radius 2 is 2.06 bits per heavy atom. The molecule has 1 fully saturated rings. The molecule has 1 unspecified atom stereocenters. The first-order valence-corrected chi connectivity index (χ1v) is 5.34. The highest BCUT2D eigenvalue weighted by molar-refractivity contribution is 5.96. The van der Waals surface area contributed by atoms with E-state index in [0.29, 0.717) is 12.8 Å². The van der Waals surface area contributed by atoms with E-state index in [9.17, 15) is 9.59 Å². The maximum Gasteiger partial charge on any atom is 0.227 e. The molecule has 84 valence electrons. The first-order valence-electron chi connectivity index (χ1n) is 5.34. The monoisotopic (exact) mass is 218 g/mol. The average Bonchev–Trinajstić information content (AvgIpc) is 2.61. The number of rotatable bonds is 3. The summed E-state index contributed by atoms with van der Waals surface area (Å²) in [5.41, 5.74) is 1.63. The molecule has 0 aromatic heterocycles. The van der Waals surface area contributed by atoms with E-state index >= 15 is 0 Å². The van der Waals surface area contributed by atoms with Gasteiger partial charge in [0, 0.05) is 23.8 Å². The van der Waals surface area contributed by atoms with Gasteiger partial charge in [-0.05, 0) is 37.6 Å². The van der Waals surface area contributed by atoms with Crippen LogP contribution in [0.25, 0.3) is 0 Å². The average molecular weight is 218 g/mol. The minimum absolute atomic E-state index is 0.170. The van der Waals surface area contributed by atoms with Crippen molar-refractivity contribution in [3.63, 3.8) is 0 Å². The lowest BCUT2D eigenvalue weighted by atomic mass is 10.2. The Labute approximate surface area is 94.2 Å². The predicted octanol–water partition coefficient (Wildman–Crippen LogP) is 1.77. The number of nitrogens with zero attached hydrogens (tertiary/aromatic N) is 1. The van der Waals surface area contributed by atoms with Gasteiger partial charge in [0.05, 0.1) is 0 Å². The molecular weight excluding hydrogens is 204 g/mol. The molecule has 1 saturated heterocycles. The SMILES string of the molecule is CC1CCC(=O)N1c1ccc(NC=O)cc1. The van der Waals surface area contributed by atoms with Gasteiger partial charge in [-0.3, -0.25) is 9.59 Å². The molecule has 1 aromatic carbocycles. The number of amides is 2. The van der Waals surface area contributed by atoms with Gasteiger partial charge in [-0.2, -0.15) is 0 Å². The molecule has 4 heteroatoms. The standard InChI is InChI=1S/C12H14N2O2/c1-9-2-7-12(16)14(9)11-5-3-10(4-6-11)13-8-15/h3-6,8-9H,2,7H2,1H3,(H,13,15). The number of carbonyl (C=O) groups excluding carboxylic acids is 2. The van der Waals surface area contributed by atoms with Crippen LogP contribution in [0.4, 0.5) is 11.4 Å². The number of benzene rings is 1. The summed E-state index contributed by atoms with van der Waals surface area (Å²) >= 11 is 0. The second kappa shape index (κ2) is 4.35. The van der Waals surface area contributed by atoms with Gasteiger partial charge in [0.15, 0.2) is 0 Å². The van der Waals surface area contributed by atoms with Crippen LogP contribution < -0.4 is 10.2 Å². The van der Waals surface area contributed by atoms with Crippen molar-refractivity contribution in [2.75, 3.05) is 10.2 Å². The number of hydrogen-bond acceptors (Lipinski definition) is 2. The van der Waals surface area contributed by atoms with E-state index in [4.69, 9.17) is 0 Å². The van der Waals surface area contributed by atoms with Crippen LogP contribution in [0.1, 0.15) is 19.8 Å². The van der Waals surface area contributed by atoms with E-state index in [2.05, 4.69) is 5.32 Å². The van der Waals surface area contributed by atoms with E-state index in [0.717, 1.165) is 17.8 Å². The van der Waals surface area contributed by atoms with Crippen molar-refractivity contribution in [3.8, 4) is 0 Å². The van der Waals surface area contributed by atoms with E-state index in [1.54, 1.807) is 12.1 Å². The molecule has 1 aliphatic rings. The Morgan fingerprint density at radius 3 is 2.56 bits per heavy atom. The third-order valence-corrected chi connectivity index (χ3v) is 2.86. The first-order chi connectivity index (χ1) is 7.72. The Bertz CT molecular complexity index is 400. The lowest BCUT2D eigenvalue weighted by Gasteiger charge is -2.21. The van der Waals surface area contributed by atoms with Crippen molar-refractivity contribution in [1.29, 1.82) is 0 Å². The zero-order valence-corrected chi connectivity index (χ0v) is 9.14. The topological polar surface area (TPSA) is 49.4 Å². The Morgan fingerprint density at radius 1 is 1.38 bits per heavy atom. The van der Waals surface area contributed by atoms with Gasteiger partial charge < -0.3 is 10.2 Å². The van der Waals surface area contributed by atoms with E-state index in [1.165, 1.54) is 0 Å². The molecule has 0 aliphatic carbocycles. The summed E-state index contributed by atoms with van der Waals surface area (Å²) in [6.45, 7) is 2.04. The van der Waals surface area contributed by atoms with Crippen LogP contribution in [-0.2, 0) is 9.59 Å². The highest BCUT2D eigenvalue weighted by Gasteiger charge is 2.28. The molecule has 0 saturated carbocycles. The highest BCUT2D eigenvalue weighted by Crippen LogP contribution is 2.27. The van der Waals surface area contributed by atoms with Crippen LogP contribution >= 0.6 is 0 Å². The number of anilines is 2. The van der Waals surface area contributed by atoms with Crippen LogP contribution in [0.2, 0.25) is 0 Å². The molecule has 1 aromatic rings.